The zero-order valence-corrected chi connectivity index (χ0v) is 15.3. The van der Waals surface area contributed by atoms with Gasteiger partial charge in [-0.15, -0.1) is 0 Å². The molecule has 0 spiro atoms. The van der Waals surface area contributed by atoms with Gasteiger partial charge in [-0.1, -0.05) is 48.5 Å². The highest BCUT2D eigenvalue weighted by molar-refractivity contribution is 7.74. The van der Waals surface area contributed by atoms with Crippen molar-refractivity contribution >= 4 is 16.9 Å². The zero-order chi connectivity index (χ0) is 18.4. The summed E-state index contributed by atoms with van der Waals surface area (Å²) >= 11 is -2.36. The minimum atomic E-state index is -2.36. The first-order chi connectivity index (χ1) is 12.6. The molecule has 1 heterocycles. The average molecular weight is 375 g/mol. The van der Waals surface area contributed by atoms with Crippen LogP contribution in [0.15, 0.2) is 54.6 Å². The Hall–Kier alpha value is -1.86. The lowest BCUT2D eigenvalue weighted by molar-refractivity contribution is 0.295. The van der Waals surface area contributed by atoms with E-state index in [1.165, 1.54) is 11.6 Å². The molecule has 6 heteroatoms. The van der Waals surface area contributed by atoms with Crippen molar-refractivity contribution in [2.45, 2.75) is 19.4 Å². The molecule has 0 radical (unpaired) electrons. The molecule has 1 N–H and O–H groups in total. The van der Waals surface area contributed by atoms with Crippen molar-refractivity contribution in [2.24, 2.45) is 0 Å². The molecule has 2 aromatic carbocycles. The third-order valence-electron chi connectivity index (χ3n) is 4.59. The number of hydrogen-bond donors (Lipinski definition) is 1. The van der Waals surface area contributed by atoms with Gasteiger partial charge in [-0.25, -0.2) is 4.39 Å². The average Bonchev–Trinajstić information content (AvgIpc) is 2.66. The second-order valence-corrected chi connectivity index (χ2v) is 6.94. The molecule has 4 nitrogen and oxygen atoms in total. The van der Waals surface area contributed by atoms with E-state index < -0.39 is 11.4 Å². The number of benzene rings is 2. The van der Waals surface area contributed by atoms with Crippen LogP contribution in [0.4, 0.5) is 4.39 Å². The van der Waals surface area contributed by atoms with Crippen LogP contribution in [0.25, 0.3) is 5.57 Å². The van der Waals surface area contributed by atoms with Gasteiger partial charge in [-0.05, 0) is 35.6 Å². The molecular weight excluding hydrogens is 353 g/mol. The second kappa shape index (κ2) is 9.19. The normalized spacial score (nSPS) is 16.3. The molecule has 0 bridgehead atoms. The first-order valence-electron chi connectivity index (χ1n) is 8.60. The van der Waals surface area contributed by atoms with Gasteiger partial charge in [0.05, 0.1) is 6.61 Å². The summed E-state index contributed by atoms with van der Waals surface area (Å²) in [5.41, 5.74) is 3.34. The Morgan fingerprint density at radius 1 is 1.15 bits per heavy atom. The van der Waals surface area contributed by atoms with Gasteiger partial charge in [0.25, 0.3) is 0 Å². The quantitative estimate of drug-likeness (QED) is 0.748. The molecule has 1 aliphatic rings. The molecule has 1 unspecified atom stereocenters. The minimum absolute atomic E-state index is 0.0920. The van der Waals surface area contributed by atoms with Crippen molar-refractivity contribution in [3.63, 3.8) is 0 Å². The Morgan fingerprint density at radius 3 is 2.65 bits per heavy atom. The van der Waals surface area contributed by atoms with Crippen molar-refractivity contribution in [3.05, 3.63) is 77.1 Å². The van der Waals surface area contributed by atoms with Gasteiger partial charge >= 0.3 is 11.4 Å². The Kier molecular flexibility index (Phi) is 6.68. The summed E-state index contributed by atoms with van der Waals surface area (Å²) in [4.78, 5) is 2.34. The molecule has 3 rings (SSSR count). The number of halogens is 1. The highest BCUT2D eigenvalue weighted by Gasteiger charge is 2.18. The monoisotopic (exact) mass is 375 g/mol. The van der Waals surface area contributed by atoms with E-state index in [0.717, 1.165) is 38.0 Å². The molecular formula is C20H22FNO3S. The Balaban J connectivity index is 1.66. The zero-order valence-electron chi connectivity index (χ0n) is 14.4. The minimum Gasteiger partial charge on any atom is -0.299 e. The summed E-state index contributed by atoms with van der Waals surface area (Å²) < 4.78 is 38.7. The van der Waals surface area contributed by atoms with Crippen LogP contribution >= 0.6 is 0 Å². The maximum atomic E-state index is 14.4. The van der Waals surface area contributed by atoms with E-state index in [1.807, 2.05) is 24.3 Å². The van der Waals surface area contributed by atoms with Crippen molar-refractivity contribution in [3.8, 4) is 0 Å². The third kappa shape index (κ3) is 5.08. The van der Waals surface area contributed by atoms with E-state index >= 15 is 0 Å². The van der Waals surface area contributed by atoms with Crippen molar-refractivity contribution < 1.29 is 17.3 Å². The lowest BCUT2D eigenvalue weighted by Gasteiger charge is -2.27. The van der Waals surface area contributed by atoms with Crippen LogP contribution in [-0.4, -0.2) is 33.3 Å². The van der Waals surface area contributed by atoms with Gasteiger partial charge in [0, 0.05) is 25.2 Å². The summed E-state index contributed by atoms with van der Waals surface area (Å²) in [5.74, 6) is -0.321. The molecule has 0 amide bonds. The Morgan fingerprint density at radius 2 is 1.96 bits per heavy atom. The van der Waals surface area contributed by atoms with Crippen LogP contribution in [0.1, 0.15) is 23.1 Å². The number of nitrogens with zero attached hydrogens (tertiary/aromatic N) is 1. The highest BCUT2D eigenvalue weighted by atomic mass is 32.2. The molecule has 138 valence electrons. The van der Waals surface area contributed by atoms with Gasteiger partial charge in [0.15, 0.2) is 0 Å². The van der Waals surface area contributed by atoms with Crippen LogP contribution in [0.3, 0.4) is 0 Å². The smallest absolute Gasteiger partial charge is 0.299 e. The Labute approximate surface area is 155 Å². The first-order valence-corrected chi connectivity index (χ1v) is 9.64. The van der Waals surface area contributed by atoms with E-state index in [1.54, 1.807) is 12.1 Å². The summed E-state index contributed by atoms with van der Waals surface area (Å²) in [6.45, 7) is 2.50. The maximum Gasteiger partial charge on any atom is 0.302 e. The summed E-state index contributed by atoms with van der Waals surface area (Å²) in [6, 6.07) is 15.1. The molecule has 0 aromatic heterocycles. The van der Waals surface area contributed by atoms with Gasteiger partial charge in [0.1, 0.15) is 5.82 Å². The second-order valence-electron chi connectivity index (χ2n) is 6.27. The standard InChI is InChI=1S/C20H22FNO3S/c21-19-8-4-7-18(15-25-26(23)24)20(19)17-10-13-22(14-11-17)12-9-16-5-2-1-3-6-16/h1-8,10H,9,11-15H2,(H,23,24). The van der Waals surface area contributed by atoms with E-state index in [4.69, 9.17) is 8.74 Å². The number of hydrogen-bond acceptors (Lipinski definition) is 3. The topological polar surface area (TPSA) is 49.8 Å². The third-order valence-corrected chi connectivity index (χ3v) is 4.91. The molecule has 0 fully saturated rings. The van der Waals surface area contributed by atoms with Crippen molar-refractivity contribution in [2.75, 3.05) is 19.6 Å². The highest BCUT2D eigenvalue weighted by Crippen LogP contribution is 2.28. The van der Waals surface area contributed by atoms with Crippen LogP contribution in [-0.2, 0) is 28.6 Å². The SMILES string of the molecule is O=S(O)OCc1cccc(F)c1C1=CCN(CCc2ccccc2)CC1. The van der Waals surface area contributed by atoms with Crippen LogP contribution in [0.5, 0.6) is 0 Å². The first kappa shape index (κ1) is 18.9. The summed E-state index contributed by atoms with van der Waals surface area (Å²) in [7, 11) is 0. The molecule has 1 aliphatic heterocycles. The predicted molar refractivity (Wildman–Crippen MR) is 101 cm³/mol. The molecule has 0 saturated heterocycles. The van der Waals surface area contributed by atoms with E-state index in [2.05, 4.69) is 17.0 Å². The van der Waals surface area contributed by atoms with E-state index in [9.17, 15) is 8.60 Å². The molecule has 0 aliphatic carbocycles. The van der Waals surface area contributed by atoms with Crippen molar-refractivity contribution in [1.29, 1.82) is 0 Å². The lowest BCUT2D eigenvalue weighted by atomic mass is 9.94. The number of rotatable bonds is 7. The fraction of sp³-hybridized carbons (Fsp3) is 0.300. The van der Waals surface area contributed by atoms with Gasteiger partial charge in [0.2, 0.25) is 0 Å². The Bertz CT molecular complexity index is 795. The molecule has 26 heavy (non-hydrogen) atoms. The fourth-order valence-corrected chi connectivity index (χ4v) is 3.46. The fourth-order valence-electron chi connectivity index (χ4n) is 3.24. The summed E-state index contributed by atoms with van der Waals surface area (Å²) in [6.07, 6.45) is 3.78. The maximum absolute atomic E-state index is 14.4. The summed E-state index contributed by atoms with van der Waals surface area (Å²) in [5, 5.41) is 0. The van der Waals surface area contributed by atoms with E-state index in [0.29, 0.717) is 11.1 Å². The molecule has 0 saturated carbocycles. The van der Waals surface area contributed by atoms with Gasteiger partial charge in [-0.3, -0.25) is 13.6 Å². The molecule has 2 aromatic rings. The lowest BCUT2D eigenvalue weighted by Crippen LogP contribution is -2.30. The van der Waals surface area contributed by atoms with Crippen LogP contribution in [0, 0.1) is 5.82 Å². The molecule has 1 atom stereocenters. The van der Waals surface area contributed by atoms with Crippen LogP contribution in [0.2, 0.25) is 0 Å². The van der Waals surface area contributed by atoms with Gasteiger partial charge in [-0.2, -0.15) is 4.21 Å². The predicted octanol–water partition coefficient (Wildman–Crippen LogP) is 3.81. The van der Waals surface area contributed by atoms with E-state index in [-0.39, 0.29) is 12.4 Å². The van der Waals surface area contributed by atoms with Crippen LogP contribution < -0.4 is 0 Å². The van der Waals surface area contributed by atoms with Crippen molar-refractivity contribution in [1.82, 2.24) is 4.90 Å². The largest absolute Gasteiger partial charge is 0.302 e. The van der Waals surface area contributed by atoms with Gasteiger partial charge < -0.3 is 0 Å².